The normalized spacial score (nSPS) is 49.4. The fraction of sp³-hybridized carbons (Fsp3) is 0.731. The molecule has 192 valence electrons. The van der Waals surface area contributed by atoms with Crippen molar-refractivity contribution in [1.29, 1.82) is 0 Å². The van der Waals surface area contributed by atoms with E-state index in [0.29, 0.717) is 0 Å². The number of carbonyl (C=O) groups is 3. The van der Waals surface area contributed by atoms with E-state index < -0.39 is 76.4 Å². The molecule has 8 nitrogen and oxygen atoms in total. The second-order valence-electron chi connectivity index (χ2n) is 11.7. The second-order valence-corrected chi connectivity index (χ2v) is 11.7. The van der Waals surface area contributed by atoms with Gasteiger partial charge in [0.05, 0.1) is 18.3 Å². The van der Waals surface area contributed by atoms with Crippen LogP contribution in [-0.2, 0) is 28.6 Å². The average molecular weight is 493 g/mol. The molecule has 1 aliphatic heterocycles. The summed E-state index contributed by atoms with van der Waals surface area (Å²) in [5.41, 5.74) is -5.93. The summed E-state index contributed by atoms with van der Waals surface area (Å²) >= 11 is 0. The molecule has 3 saturated carbocycles. The lowest BCUT2D eigenvalue weighted by Gasteiger charge is -2.63. The van der Waals surface area contributed by atoms with Gasteiger partial charge in [-0.1, -0.05) is 13.0 Å². The summed E-state index contributed by atoms with van der Waals surface area (Å²) in [4.78, 5) is 37.2. The van der Waals surface area contributed by atoms with Crippen LogP contribution in [0, 0.1) is 22.7 Å². The van der Waals surface area contributed by atoms with Gasteiger partial charge in [-0.05, 0) is 63.7 Å². The molecule has 0 aromatic heterocycles. The molecule has 9 heteroatoms. The molecule has 5 rings (SSSR count). The number of ether oxygens (including phenoxy) is 3. The number of esters is 1. The molecule has 0 spiro atoms. The number of alkyl halides is 1. The third kappa shape index (κ3) is 2.95. The van der Waals surface area contributed by atoms with Crippen molar-refractivity contribution < 1.29 is 43.2 Å². The summed E-state index contributed by atoms with van der Waals surface area (Å²) in [5.74, 6) is -3.87. The Morgan fingerprint density at radius 3 is 2.51 bits per heavy atom. The second kappa shape index (κ2) is 7.31. The van der Waals surface area contributed by atoms with Crippen LogP contribution in [0.2, 0.25) is 0 Å². The number of carbonyl (C=O) groups excluding carboxylic acids is 3. The summed E-state index contributed by atoms with van der Waals surface area (Å²) in [5, 5.41) is 22.5. The summed E-state index contributed by atoms with van der Waals surface area (Å²) in [6, 6.07) is 0. The smallest absolute Gasteiger partial charge is 0.303 e. The number of ketones is 2. The Morgan fingerprint density at radius 1 is 1.17 bits per heavy atom. The highest BCUT2D eigenvalue weighted by Gasteiger charge is 2.80. The maximum absolute atomic E-state index is 17.3. The summed E-state index contributed by atoms with van der Waals surface area (Å²) in [7, 11) is 0. The van der Waals surface area contributed by atoms with Gasteiger partial charge < -0.3 is 24.4 Å². The number of halogens is 1. The predicted molar refractivity (Wildman–Crippen MR) is 120 cm³/mol. The number of Topliss-reactive ketones (excluding diaryl/α,β-unsaturated/α-hetero) is 1. The van der Waals surface area contributed by atoms with Gasteiger partial charge in [-0.2, -0.15) is 0 Å². The maximum Gasteiger partial charge on any atom is 0.303 e. The van der Waals surface area contributed by atoms with Crippen molar-refractivity contribution in [3.8, 4) is 0 Å². The van der Waals surface area contributed by atoms with Gasteiger partial charge in [-0.25, -0.2) is 4.39 Å². The van der Waals surface area contributed by atoms with Crippen molar-refractivity contribution in [3.05, 3.63) is 23.8 Å². The zero-order valence-corrected chi connectivity index (χ0v) is 20.7. The minimum Gasteiger partial charge on any atom is -0.458 e. The molecule has 5 aliphatic rings. The molecule has 0 unspecified atom stereocenters. The average Bonchev–Trinajstić information content (AvgIpc) is 3.16. The SMILES string of the molecule is CC(=O)OCC(=O)[C@@]12OC(C)(C)O[C@@H]1C[C@H]1[C@@H]3C[C@H](O)C4=CC(=O)C=C[C@]4(C)[C@@]3(F)[C@@H](O)C[C@@]12C. The van der Waals surface area contributed by atoms with E-state index in [1.165, 1.54) is 25.2 Å². The molecule has 0 aromatic carbocycles. The lowest BCUT2D eigenvalue weighted by Crippen LogP contribution is -2.71. The van der Waals surface area contributed by atoms with Crippen molar-refractivity contribution in [2.24, 2.45) is 22.7 Å². The largest absolute Gasteiger partial charge is 0.458 e. The summed E-state index contributed by atoms with van der Waals surface area (Å²) in [6.45, 7) is 7.48. The van der Waals surface area contributed by atoms with Gasteiger partial charge in [0.15, 0.2) is 29.4 Å². The molecule has 1 heterocycles. The van der Waals surface area contributed by atoms with E-state index in [4.69, 9.17) is 14.2 Å². The minimum atomic E-state index is -2.19. The van der Waals surface area contributed by atoms with Crippen LogP contribution in [0.5, 0.6) is 0 Å². The molecule has 35 heavy (non-hydrogen) atoms. The number of hydrogen-bond donors (Lipinski definition) is 2. The van der Waals surface area contributed by atoms with E-state index in [2.05, 4.69) is 0 Å². The number of aliphatic hydroxyl groups is 2. The van der Waals surface area contributed by atoms with Crippen LogP contribution in [0.4, 0.5) is 4.39 Å². The quantitative estimate of drug-likeness (QED) is 0.574. The highest BCUT2D eigenvalue weighted by atomic mass is 19.1. The highest BCUT2D eigenvalue weighted by molar-refractivity contribution is 6.01. The predicted octanol–water partition coefficient (Wildman–Crippen LogP) is 1.96. The van der Waals surface area contributed by atoms with Gasteiger partial charge in [-0.15, -0.1) is 0 Å². The monoisotopic (exact) mass is 492 g/mol. The van der Waals surface area contributed by atoms with E-state index in [-0.39, 0.29) is 30.6 Å². The zero-order chi connectivity index (χ0) is 25.8. The van der Waals surface area contributed by atoms with Gasteiger partial charge in [0, 0.05) is 23.7 Å². The molecule has 1 saturated heterocycles. The van der Waals surface area contributed by atoms with Gasteiger partial charge in [-0.3, -0.25) is 14.4 Å². The van der Waals surface area contributed by atoms with Crippen molar-refractivity contribution >= 4 is 17.5 Å². The first-order valence-electron chi connectivity index (χ1n) is 12.2. The molecular weight excluding hydrogens is 459 g/mol. The van der Waals surface area contributed by atoms with Crippen LogP contribution in [-0.4, -0.2) is 69.7 Å². The highest BCUT2D eigenvalue weighted by Crippen LogP contribution is 2.72. The zero-order valence-electron chi connectivity index (χ0n) is 20.7. The third-order valence-electron chi connectivity index (χ3n) is 9.48. The number of fused-ring (bicyclic) bond motifs is 7. The molecule has 0 aromatic rings. The molecule has 0 bridgehead atoms. The standard InChI is InChI=1S/C26H33FO8/c1-13(28)33-12-20(32)26-21(34-22(2,3)35-26)10-15-16-9-18(30)17-8-14(29)6-7-23(17,4)25(16,27)19(31)11-24(15,26)5/h6-8,15-16,18-19,21,30-31H,9-12H2,1-5H3/t15-,16-,18-,19-,21+,23-,24-,25-,26+/m0/s1. The maximum atomic E-state index is 17.3. The molecule has 4 fully saturated rings. The summed E-state index contributed by atoms with van der Waals surface area (Å²) in [6.07, 6.45) is 0.830. The molecule has 2 N–H and O–H groups in total. The Balaban J connectivity index is 1.62. The van der Waals surface area contributed by atoms with Crippen molar-refractivity contribution in [2.75, 3.05) is 6.61 Å². The van der Waals surface area contributed by atoms with Crippen molar-refractivity contribution in [2.45, 2.75) is 89.2 Å². The molecule has 9 atom stereocenters. The minimum absolute atomic E-state index is 0.0132. The first kappa shape index (κ1) is 24.7. The Labute approximate surface area is 203 Å². The van der Waals surface area contributed by atoms with Gasteiger partial charge >= 0.3 is 5.97 Å². The van der Waals surface area contributed by atoms with Crippen LogP contribution in [0.3, 0.4) is 0 Å². The van der Waals surface area contributed by atoms with E-state index in [1.54, 1.807) is 27.7 Å². The first-order valence-corrected chi connectivity index (χ1v) is 12.2. The number of allylic oxidation sites excluding steroid dienone is 3. The van der Waals surface area contributed by atoms with Gasteiger partial charge in [0.25, 0.3) is 0 Å². The molecule has 4 aliphatic carbocycles. The Morgan fingerprint density at radius 2 is 1.86 bits per heavy atom. The fourth-order valence-electron chi connectivity index (χ4n) is 8.12. The third-order valence-corrected chi connectivity index (χ3v) is 9.48. The Kier molecular flexibility index (Phi) is 5.17. The van der Waals surface area contributed by atoms with Crippen LogP contribution in [0.25, 0.3) is 0 Å². The lowest BCUT2D eigenvalue weighted by atomic mass is 9.44. The van der Waals surface area contributed by atoms with Gasteiger partial charge in [0.2, 0.25) is 5.78 Å². The van der Waals surface area contributed by atoms with Gasteiger partial charge in [0.1, 0.15) is 0 Å². The first-order chi connectivity index (χ1) is 16.1. The van der Waals surface area contributed by atoms with Crippen LogP contribution in [0.15, 0.2) is 23.8 Å². The molecular formula is C26H33FO8. The van der Waals surface area contributed by atoms with Crippen LogP contribution in [0.1, 0.15) is 53.9 Å². The fourth-order valence-corrected chi connectivity index (χ4v) is 8.12. The number of rotatable bonds is 3. The number of hydrogen-bond acceptors (Lipinski definition) is 8. The van der Waals surface area contributed by atoms with Crippen molar-refractivity contribution in [1.82, 2.24) is 0 Å². The molecule has 0 amide bonds. The molecule has 0 radical (unpaired) electrons. The number of aliphatic hydroxyl groups excluding tert-OH is 2. The van der Waals surface area contributed by atoms with Crippen molar-refractivity contribution in [3.63, 3.8) is 0 Å². The van der Waals surface area contributed by atoms with E-state index in [0.717, 1.165) is 0 Å². The Hall–Kier alpha value is -1.94. The Bertz CT molecular complexity index is 1070. The lowest BCUT2D eigenvalue weighted by molar-refractivity contribution is -0.250. The van der Waals surface area contributed by atoms with E-state index >= 15 is 4.39 Å². The van der Waals surface area contributed by atoms with Crippen LogP contribution < -0.4 is 0 Å². The van der Waals surface area contributed by atoms with E-state index in [9.17, 15) is 24.6 Å². The van der Waals surface area contributed by atoms with Crippen LogP contribution >= 0.6 is 0 Å². The van der Waals surface area contributed by atoms with E-state index in [1.807, 2.05) is 0 Å². The topological polar surface area (TPSA) is 119 Å². The summed E-state index contributed by atoms with van der Waals surface area (Å²) < 4.78 is 34.9.